The quantitative estimate of drug-likeness (QED) is 0.372. The summed E-state index contributed by atoms with van der Waals surface area (Å²) in [6.45, 7) is 2.60. The Hall–Kier alpha value is -2.82. The highest BCUT2D eigenvalue weighted by Crippen LogP contribution is 2.49. The van der Waals surface area contributed by atoms with Gasteiger partial charge >= 0.3 is 6.18 Å². The first-order valence-corrected chi connectivity index (χ1v) is 14.9. The van der Waals surface area contributed by atoms with Crippen molar-refractivity contribution in [3.05, 3.63) is 30.0 Å². The van der Waals surface area contributed by atoms with Crippen LogP contribution in [0.5, 0.6) is 5.75 Å². The van der Waals surface area contributed by atoms with Crippen LogP contribution in [0.3, 0.4) is 0 Å². The predicted octanol–water partition coefficient (Wildman–Crippen LogP) is 4.40. The molecular weight excluding hydrogens is 520 g/mol. The normalized spacial score (nSPS) is 22.1. The molecule has 0 spiro atoms. The smallest absolute Gasteiger partial charge is 0.418 e. The van der Waals surface area contributed by atoms with E-state index in [0.717, 1.165) is 24.6 Å². The molecule has 3 fully saturated rings. The fourth-order valence-corrected chi connectivity index (χ4v) is 7.88. The average molecular weight is 551 g/mol. The summed E-state index contributed by atoms with van der Waals surface area (Å²) < 4.78 is 65.8. The second-order valence-electron chi connectivity index (χ2n) is 10.1. The third kappa shape index (κ3) is 4.97. The molecule has 2 saturated heterocycles. The van der Waals surface area contributed by atoms with Crippen LogP contribution in [0.4, 0.5) is 30.6 Å². The molecule has 9 nitrogen and oxygen atoms in total. The number of nitrogens with one attached hydrogen (secondary N) is 3. The zero-order chi connectivity index (χ0) is 26.5. The van der Waals surface area contributed by atoms with Crippen molar-refractivity contribution in [2.75, 3.05) is 56.4 Å². The Balaban J connectivity index is 1.29. The summed E-state index contributed by atoms with van der Waals surface area (Å²) in [6.07, 6.45) is 0.760. The molecule has 3 aromatic rings. The SMILES string of the molecule is COc1cc(P2(=O)CCN(C3CC3)CC2)ccc1Nc1nc(N[C@H]2CCOC2)c2c(C(F)(F)F)c[nH]c2n1. The van der Waals surface area contributed by atoms with Crippen LogP contribution < -0.4 is 20.7 Å². The molecule has 2 aliphatic heterocycles. The van der Waals surface area contributed by atoms with Crippen LogP contribution in [-0.4, -0.2) is 77.7 Å². The van der Waals surface area contributed by atoms with Crippen molar-refractivity contribution in [2.45, 2.75) is 37.5 Å². The van der Waals surface area contributed by atoms with Crippen LogP contribution >= 0.6 is 7.14 Å². The van der Waals surface area contributed by atoms with Gasteiger partial charge < -0.3 is 29.7 Å². The van der Waals surface area contributed by atoms with E-state index in [0.29, 0.717) is 49.4 Å². The Labute approximate surface area is 217 Å². The van der Waals surface area contributed by atoms with Gasteiger partial charge in [-0.3, -0.25) is 4.90 Å². The number of nitrogens with zero attached hydrogens (tertiary/aromatic N) is 3. The minimum Gasteiger partial charge on any atom is -0.495 e. The molecule has 0 amide bonds. The van der Waals surface area contributed by atoms with E-state index in [2.05, 4.69) is 30.5 Å². The number of aromatic nitrogens is 3. The van der Waals surface area contributed by atoms with E-state index < -0.39 is 18.9 Å². The largest absolute Gasteiger partial charge is 0.495 e. The summed E-state index contributed by atoms with van der Waals surface area (Å²) >= 11 is 0. The molecule has 0 radical (unpaired) electrons. The van der Waals surface area contributed by atoms with Crippen molar-refractivity contribution >= 4 is 40.9 Å². The van der Waals surface area contributed by atoms with E-state index in [9.17, 15) is 17.7 Å². The van der Waals surface area contributed by atoms with E-state index in [1.165, 1.54) is 20.0 Å². The molecule has 1 saturated carbocycles. The number of anilines is 3. The van der Waals surface area contributed by atoms with Crippen molar-refractivity contribution in [1.82, 2.24) is 19.9 Å². The molecule has 0 bridgehead atoms. The number of hydrogen-bond acceptors (Lipinski definition) is 8. The Morgan fingerprint density at radius 2 is 1.97 bits per heavy atom. The zero-order valence-electron chi connectivity index (χ0n) is 21.0. The van der Waals surface area contributed by atoms with Crippen LogP contribution in [0.2, 0.25) is 0 Å². The molecule has 0 unspecified atom stereocenters. The van der Waals surface area contributed by atoms with Crippen LogP contribution in [0.1, 0.15) is 24.8 Å². The number of methoxy groups -OCH3 is 1. The molecule has 38 heavy (non-hydrogen) atoms. The highest BCUT2D eigenvalue weighted by molar-refractivity contribution is 7.71. The first-order chi connectivity index (χ1) is 18.2. The highest BCUT2D eigenvalue weighted by atomic mass is 31.2. The lowest BCUT2D eigenvalue weighted by atomic mass is 10.2. The molecule has 3 N–H and O–H groups in total. The van der Waals surface area contributed by atoms with Crippen molar-refractivity contribution in [1.29, 1.82) is 0 Å². The number of hydrogen-bond donors (Lipinski definition) is 3. The minimum absolute atomic E-state index is 0.0543. The molecule has 3 aliphatic rings. The second kappa shape index (κ2) is 9.73. The van der Waals surface area contributed by atoms with E-state index in [1.807, 2.05) is 6.07 Å². The van der Waals surface area contributed by atoms with Gasteiger partial charge in [-0.25, -0.2) is 0 Å². The van der Waals surface area contributed by atoms with Gasteiger partial charge in [0, 0.05) is 49.6 Å². The summed E-state index contributed by atoms with van der Waals surface area (Å²) in [4.78, 5) is 13.8. The first kappa shape index (κ1) is 25.5. The number of H-pyrrole nitrogens is 1. The number of fused-ring (bicyclic) bond motifs is 1. The van der Waals surface area contributed by atoms with Gasteiger partial charge in [-0.15, -0.1) is 0 Å². The number of halogens is 3. The zero-order valence-corrected chi connectivity index (χ0v) is 21.9. The first-order valence-electron chi connectivity index (χ1n) is 12.8. The van der Waals surface area contributed by atoms with Gasteiger partial charge in [0.1, 0.15) is 24.4 Å². The summed E-state index contributed by atoms with van der Waals surface area (Å²) in [7, 11) is -1.02. The van der Waals surface area contributed by atoms with Crippen LogP contribution in [0, 0.1) is 0 Å². The second-order valence-corrected chi connectivity index (χ2v) is 13.3. The Kier molecular flexibility index (Phi) is 6.52. The number of benzene rings is 1. The summed E-state index contributed by atoms with van der Waals surface area (Å²) in [5.41, 5.74) is -0.255. The van der Waals surface area contributed by atoms with Crippen LogP contribution in [-0.2, 0) is 15.5 Å². The lowest BCUT2D eigenvalue weighted by Crippen LogP contribution is -2.38. The minimum atomic E-state index is -4.57. The number of aromatic amines is 1. The molecule has 204 valence electrons. The van der Waals surface area contributed by atoms with E-state index in [-0.39, 0.29) is 28.8 Å². The van der Waals surface area contributed by atoms with Crippen LogP contribution in [0.25, 0.3) is 11.0 Å². The van der Waals surface area contributed by atoms with E-state index in [4.69, 9.17) is 9.47 Å². The summed E-state index contributed by atoms with van der Waals surface area (Å²) in [6, 6.07) is 5.90. The third-order valence-electron chi connectivity index (χ3n) is 7.57. The van der Waals surface area contributed by atoms with Crippen LogP contribution in [0.15, 0.2) is 24.4 Å². The fraction of sp³-hybridized carbons (Fsp3) is 0.520. The molecule has 13 heteroatoms. The van der Waals surface area contributed by atoms with Crippen molar-refractivity contribution in [2.24, 2.45) is 0 Å². The van der Waals surface area contributed by atoms with Gasteiger partial charge in [0.25, 0.3) is 0 Å². The Morgan fingerprint density at radius 1 is 1.18 bits per heavy atom. The topological polar surface area (TPSA) is 104 Å². The Bertz CT molecular complexity index is 1370. The predicted molar refractivity (Wildman–Crippen MR) is 140 cm³/mol. The summed E-state index contributed by atoms with van der Waals surface area (Å²) in [5.74, 6) is 0.640. The van der Waals surface area contributed by atoms with Gasteiger partial charge in [-0.05, 0) is 37.5 Å². The highest BCUT2D eigenvalue weighted by Gasteiger charge is 2.38. The van der Waals surface area contributed by atoms with E-state index in [1.54, 1.807) is 12.1 Å². The van der Waals surface area contributed by atoms with Gasteiger partial charge in [0.05, 0.1) is 36.4 Å². The average Bonchev–Trinajstić information content (AvgIpc) is 3.42. The maximum atomic E-state index is 13.8. The molecular formula is C25H30F3N6O3P. The molecule has 4 heterocycles. The molecule has 1 aromatic carbocycles. The number of ether oxygens (including phenoxy) is 2. The van der Waals surface area contributed by atoms with Gasteiger partial charge in [0.2, 0.25) is 5.95 Å². The lowest BCUT2D eigenvalue weighted by Gasteiger charge is -2.32. The standard InChI is InChI=1S/C25H30F3N6O3P/c1-36-20-12-17(38(35)10-7-34(8-11-38)16-2-3-16)4-5-19(20)31-24-32-22-21(18(13-29-22)25(26,27)28)23(33-24)30-15-6-9-37-14-15/h4-5,12-13,15-16H,2-3,6-11,14H2,1H3,(H3,29,30,31,32,33)/t15-/m0/s1. The monoisotopic (exact) mass is 550 g/mol. The maximum Gasteiger partial charge on any atom is 0.418 e. The lowest BCUT2D eigenvalue weighted by molar-refractivity contribution is -0.136. The van der Waals surface area contributed by atoms with Crippen molar-refractivity contribution in [3.63, 3.8) is 0 Å². The molecule has 2 aromatic heterocycles. The van der Waals surface area contributed by atoms with Gasteiger partial charge in [-0.1, -0.05) is 0 Å². The summed E-state index contributed by atoms with van der Waals surface area (Å²) in [5, 5.41) is 6.84. The van der Waals surface area contributed by atoms with Gasteiger partial charge in [0.15, 0.2) is 0 Å². The number of rotatable bonds is 7. The fourth-order valence-electron chi connectivity index (χ4n) is 5.28. The molecule has 1 aliphatic carbocycles. The van der Waals surface area contributed by atoms with Gasteiger partial charge in [-0.2, -0.15) is 23.1 Å². The third-order valence-corrected chi connectivity index (χ3v) is 10.6. The van der Waals surface area contributed by atoms with Crippen molar-refractivity contribution in [3.8, 4) is 5.75 Å². The molecule has 6 rings (SSSR count). The van der Waals surface area contributed by atoms with Crippen molar-refractivity contribution < 1.29 is 27.2 Å². The number of alkyl halides is 3. The Morgan fingerprint density at radius 3 is 2.63 bits per heavy atom. The van der Waals surface area contributed by atoms with E-state index >= 15 is 0 Å². The maximum absolute atomic E-state index is 13.8. The molecule has 1 atom stereocenters.